The molecule has 0 aliphatic rings. The molecule has 0 bridgehead atoms. The highest BCUT2D eigenvalue weighted by atomic mass is 16.5. The van der Waals surface area contributed by atoms with E-state index in [2.05, 4.69) is 53.3 Å². The van der Waals surface area contributed by atoms with Crippen LogP contribution in [0.1, 0.15) is 31.0 Å². The lowest BCUT2D eigenvalue weighted by Gasteiger charge is -2.29. The first-order chi connectivity index (χ1) is 14.1. The van der Waals surface area contributed by atoms with Gasteiger partial charge in [-0.1, -0.05) is 50.2 Å². The van der Waals surface area contributed by atoms with Gasteiger partial charge in [0, 0.05) is 6.54 Å². The van der Waals surface area contributed by atoms with E-state index >= 15 is 0 Å². The van der Waals surface area contributed by atoms with Gasteiger partial charge in [-0.2, -0.15) is 0 Å². The van der Waals surface area contributed by atoms with Crippen molar-refractivity contribution < 1.29 is 9.47 Å². The van der Waals surface area contributed by atoms with E-state index in [1.165, 1.54) is 5.56 Å². The van der Waals surface area contributed by atoms with Gasteiger partial charge < -0.3 is 20.5 Å². The molecule has 0 saturated carbocycles. The maximum Gasteiger partial charge on any atom is 0.188 e. The fourth-order valence-corrected chi connectivity index (χ4v) is 3.38. The van der Waals surface area contributed by atoms with E-state index in [0.29, 0.717) is 19.0 Å². The Balaban J connectivity index is 1.94. The summed E-state index contributed by atoms with van der Waals surface area (Å²) < 4.78 is 10.6. The molecule has 158 valence electrons. The Kier molecular flexibility index (Phi) is 9.31. The van der Waals surface area contributed by atoms with Gasteiger partial charge in [-0.05, 0) is 42.8 Å². The highest BCUT2D eigenvalue weighted by molar-refractivity contribution is 5.77. The Bertz CT molecular complexity index is 761. The lowest BCUT2D eigenvalue weighted by atomic mass is 10.1. The van der Waals surface area contributed by atoms with Gasteiger partial charge in [0.2, 0.25) is 0 Å². The van der Waals surface area contributed by atoms with Gasteiger partial charge in [-0.15, -0.1) is 0 Å². The summed E-state index contributed by atoms with van der Waals surface area (Å²) in [5.41, 5.74) is 8.53. The minimum absolute atomic E-state index is 0.220. The second-order valence-electron chi connectivity index (χ2n) is 6.74. The van der Waals surface area contributed by atoms with Gasteiger partial charge in [0.25, 0.3) is 0 Å². The molecule has 0 fully saturated rings. The molecular formula is C23H34N4O2. The molecule has 2 aromatic carbocycles. The van der Waals surface area contributed by atoms with Crippen molar-refractivity contribution in [3.63, 3.8) is 0 Å². The number of rotatable bonds is 11. The first-order valence-electron chi connectivity index (χ1n) is 10.2. The maximum atomic E-state index is 6.12. The fourth-order valence-electron chi connectivity index (χ4n) is 3.38. The molecule has 0 amide bonds. The van der Waals surface area contributed by atoms with Crippen molar-refractivity contribution in [2.75, 3.05) is 40.4 Å². The quantitative estimate of drug-likeness (QED) is 0.449. The van der Waals surface area contributed by atoms with E-state index in [1.54, 1.807) is 14.2 Å². The molecule has 0 aliphatic heterocycles. The van der Waals surface area contributed by atoms with E-state index in [-0.39, 0.29) is 6.04 Å². The highest BCUT2D eigenvalue weighted by Gasteiger charge is 2.17. The molecule has 0 aromatic heterocycles. The molecule has 6 heteroatoms. The summed E-state index contributed by atoms with van der Waals surface area (Å²) >= 11 is 0. The van der Waals surface area contributed by atoms with Crippen LogP contribution in [0, 0.1) is 0 Å². The summed E-state index contributed by atoms with van der Waals surface area (Å²) in [5.74, 6) is 1.93. The number of nitrogens with two attached hydrogens (primary N) is 1. The van der Waals surface area contributed by atoms with Crippen molar-refractivity contribution in [3.8, 4) is 11.5 Å². The molecule has 0 aliphatic carbocycles. The van der Waals surface area contributed by atoms with Crippen molar-refractivity contribution in [2.24, 2.45) is 10.7 Å². The number of nitrogens with zero attached hydrogens (tertiary/aromatic N) is 2. The van der Waals surface area contributed by atoms with Crippen LogP contribution in [0.25, 0.3) is 0 Å². The zero-order chi connectivity index (χ0) is 21.1. The van der Waals surface area contributed by atoms with Crippen molar-refractivity contribution in [1.29, 1.82) is 0 Å². The first-order valence-corrected chi connectivity index (χ1v) is 10.2. The van der Waals surface area contributed by atoms with Gasteiger partial charge in [-0.25, -0.2) is 0 Å². The fraction of sp³-hybridized carbons (Fsp3) is 0.435. The van der Waals surface area contributed by atoms with E-state index in [0.717, 1.165) is 36.6 Å². The van der Waals surface area contributed by atoms with Gasteiger partial charge in [0.1, 0.15) is 0 Å². The van der Waals surface area contributed by atoms with Gasteiger partial charge in [-0.3, -0.25) is 9.89 Å². The van der Waals surface area contributed by atoms with Crippen LogP contribution < -0.4 is 20.5 Å². The van der Waals surface area contributed by atoms with E-state index in [9.17, 15) is 0 Å². The summed E-state index contributed by atoms with van der Waals surface area (Å²) in [7, 11) is 3.28. The van der Waals surface area contributed by atoms with Gasteiger partial charge >= 0.3 is 0 Å². The zero-order valence-electron chi connectivity index (χ0n) is 18.0. The van der Waals surface area contributed by atoms with Crippen LogP contribution in [-0.4, -0.2) is 51.3 Å². The third kappa shape index (κ3) is 6.68. The molecule has 0 spiro atoms. The third-order valence-corrected chi connectivity index (χ3v) is 5.04. The van der Waals surface area contributed by atoms with E-state index in [4.69, 9.17) is 15.2 Å². The second-order valence-corrected chi connectivity index (χ2v) is 6.74. The number of hydrogen-bond acceptors (Lipinski definition) is 4. The smallest absolute Gasteiger partial charge is 0.188 e. The number of methoxy groups -OCH3 is 2. The average Bonchev–Trinajstić information content (AvgIpc) is 2.77. The van der Waals surface area contributed by atoms with E-state index in [1.807, 2.05) is 24.3 Å². The van der Waals surface area contributed by atoms with Crippen LogP contribution in [0.5, 0.6) is 11.5 Å². The van der Waals surface area contributed by atoms with Crippen LogP contribution in [-0.2, 0) is 6.42 Å². The van der Waals surface area contributed by atoms with Crippen molar-refractivity contribution >= 4 is 5.96 Å². The molecule has 2 aromatic rings. The van der Waals surface area contributed by atoms with Crippen LogP contribution in [0.2, 0.25) is 0 Å². The normalized spacial score (nSPS) is 12.7. The summed E-state index contributed by atoms with van der Waals surface area (Å²) in [6.45, 7) is 7.62. The van der Waals surface area contributed by atoms with Crippen LogP contribution in [0.4, 0.5) is 0 Å². The number of likely N-dealkylation sites (N-methyl/N-ethyl adjacent to an activating group) is 1. The predicted octanol–water partition coefficient (Wildman–Crippen LogP) is 3.23. The topological polar surface area (TPSA) is 72.1 Å². The lowest BCUT2D eigenvalue weighted by molar-refractivity contribution is 0.224. The molecule has 0 saturated heterocycles. The number of guanidine groups is 1. The standard InChI is InChI=1S/C23H34N4O2/c1-5-27(6-2)20(19-10-8-7-9-11-19)17-26-23(24)25-15-14-18-12-13-21(28-3)22(16-18)29-4/h7-13,16,20H,5-6,14-15,17H2,1-4H3,(H3,24,25,26). The Morgan fingerprint density at radius 3 is 2.34 bits per heavy atom. The largest absolute Gasteiger partial charge is 0.493 e. The second kappa shape index (κ2) is 12.0. The summed E-state index contributed by atoms with van der Waals surface area (Å²) in [6, 6.07) is 16.6. The monoisotopic (exact) mass is 398 g/mol. The number of hydrogen-bond donors (Lipinski definition) is 2. The Labute approximate surface area is 174 Å². The molecular weight excluding hydrogens is 364 g/mol. The summed E-state index contributed by atoms with van der Waals surface area (Å²) in [6.07, 6.45) is 0.814. The summed E-state index contributed by atoms with van der Waals surface area (Å²) in [4.78, 5) is 7.01. The molecule has 29 heavy (non-hydrogen) atoms. The van der Waals surface area contributed by atoms with Crippen LogP contribution in [0.15, 0.2) is 53.5 Å². The minimum atomic E-state index is 0.220. The number of aliphatic imine (C=N–C) groups is 1. The number of benzene rings is 2. The molecule has 6 nitrogen and oxygen atoms in total. The summed E-state index contributed by atoms with van der Waals surface area (Å²) in [5, 5.41) is 3.22. The Morgan fingerprint density at radius 2 is 1.72 bits per heavy atom. The van der Waals surface area contributed by atoms with Crippen molar-refractivity contribution in [2.45, 2.75) is 26.3 Å². The molecule has 2 rings (SSSR count). The molecule has 3 N–H and O–H groups in total. The lowest BCUT2D eigenvalue weighted by Crippen LogP contribution is -2.35. The molecule has 1 unspecified atom stereocenters. The van der Waals surface area contributed by atoms with Gasteiger partial charge in [0.15, 0.2) is 17.5 Å². The minimum Gasteiger partial charge on any atom is -0.493 e. The predicted molar refractivity (Wildman–Crippen MR) is 120 cm³/mol. The zero-order valence-corrected chi connectivity index (χ0v) is 18.0. The molecule has 0 heterocycles. The van der Waals surface area contributed by atoms with E-state index < -0.39 is 0 Å². The molecule has 0 radical (unpaired) electrons. The van der Waals surface area contributed by atoms with Crippen molar-refractivity contribution in [1.82, 2.24) is 10.2 Å². The SMILES string of the molecule is CCN(CC)C(CN=C(N)NCCc1ccc(OC)c(OC)c1)c1ccccc1. The highest BCUT2D eigenvalue weighted by Crippen LogP contribution is 2.27. The Morgan fingerprint density at radius 1 is 1.03 bits per heavy atom. The maximum absolute atomic E-state index is 6.12. The first kappa shape index (κ1) is 22.6. The average molecular weight is 399 g/mol. The van der Waals surface area contributed by atoms with Crippen molar-refractivity contribution in [3.05, 3.63) is 59.7 Å². The molecule has 1 atom stereocenters. The third-order valence-electron chi connectivity index (χ3n) is 5.04. The van der Waals surface area contributed by atoms with Crippen LogP contribution >= 0.6 is 0 Å². The van der Waals surface area contributed by atoms with Gasteiger partial charge in [0.05, 0.1) is 26.8 Å². The number of nitrogens with one attached hydrogen (secondary N) is 1. The number of ether oxygens (including phenoxy) is 2. The Hall–Kier alpha value is -2.73. The van der Waals surface area contributed by atoms with Crippen LogP contribution in [0.3, 0.4) is 0 Å².